The van der Waals surface area contributed by atoms with Gasteiger partial charge in [0.1, 0.15) is 30.6 Å². The Labute approximate surface area is 204 Å². The first kappa shape index (κ1) is 23.3. The summed E-state index contributed by atoms with van der Waals surface area (Å²) in [6, 6.07) is -0.166. The molecule has 2 saturated heterocycles. The summed E-state index contributed by atoms with van der Waals surface area (Å²) in [7, 11) is 0. The number of aromatic nitrogens is 2. The lowest BCUT2D eigenvalue weighted by Crippen LogP contribution is -2.55. The van der Waals surface area contributed by atoms with Gasteiger partial charge in [-0.1, -0.05) is 19.3 Å². The van der Waals surface area contributed by atoms with Crippen LogP contribution in [0.4, 0.5) is 4.39 Å². The zero-order chi connectivity index (χ0) is 23.8. The van der Waals surface area contributed by atoms with E-state index in [4.69, 9.17) is 16.3 Å². The quantitative estimate of drug-likeness (QED) is 0.626. The fourth-order valence-corrected chi connectivity index (χ4v) is 6.27. The largest absolute Gasteiger partial charge is 0.366 e. The van der Waals surface area contributed by atoms with Crippen molar-refractivity contribution in [2.24, 2.45) is 5.92 Å². The molecule has 5 rings (SSSR count). The third-order valence-electron chi connectivity index (χ3n) is 6.77. The highest BCUT2D eigenvalue weighted by Crippen LogP contribution is 2.34. The van der Waals surface area contributed by atoms with E-state index in [1.165, 1.54) is 23.4 Å². The third kappa shape index (κ3) is 4.46. The highest BCUT2D eigenvalue weighted by Gasteiger charge is 2.53. The van der Waals surface area contributed by atoms with Crippen LogP contribution in [0, 0.1) is 11.7 Å². The zero-order valence-corrected chi connectivity index (χ0v) is 19.9. The molecule has 180 valence electrons. The molecule has 4 unspecified atom stereocenters. The van der Waals surface area contributed by atoms with Crippen molar-refractivity contribution in [3.05, 3.63) is 35.5 Å². The van der Waals surface area contributed by atoms with Gasteiger partial charge in [0.05, 0.1) is 16.5 Å². The second-order valence-corrected chi connectivity index (χ2v) is 10.6. The number of ether oxygens (including phenoxy) is 1. The number of pyridine rings is 1. The van der Waals surface area contributed by atoms with Gasteiger partial charge in [-0.25, -0.2) is 9.37 Å². The molecule has 1 N–H and O–H groups in total. The molecule has 2 amide bonds. The van der Waals surface area contributed by atoms with Crippen molar-refractivity contribution in [2.45, 2.75) is 55.7 Å². The topological polar surface area (TPSA) is 101 Å². The van der Waals surface area contributed by atoms with E-state index < -0.39 is 35.3 Å². The molecule has 2 aromatic heterocycles. The van der Waals surface area contributed by atoms with Crippen molar-refractivity contribution < 1.29 is 23.5 Å². The zero-order valence-electron chi connectivity index (χ0n) is 18.3. The highest BCUT2D eigenvalue weighted by atomic mass is 35.5. The summed E-state index contributed by atoms with van der Waals surface area (Å²) in [6.07, 6.45) is 8.25. The molecule has 3 fully saturated rings. The number of alkyl halides is 1. The maximum absolute atomic E-state index is 13.7. The van der Waals surface area contributed by atoms with Crippen LogP contribution in [0.2, 0.25) is 0 Å². The van der Waals surface area contributed by atoms with E-state index in [-0.39, 0.29) is 35.8 Å². The third-order valence-corrected chi connectivity index (χ3v) is 8.20. The van der Waals surface area contributed by atoms with Gasteiger partial charge in [-0.05, 0) is 24.8 Å². The maximum Gasteiger partial charge on any atom is 0.280 e. The number of nitrogens with one attached hydrogen (secondary N) is 1. The van der Waals surface area contributed by atoms with Gasteiger partial charge >= 0.3 is 0 Å². The van der Waals surface area contributed by atoms with E-state index in [0.717, 1.165) is 49.6 Å². The molecule has 11 heteroatoms. The molecular weight excluding hydrogens is 483 g/mol. The smallest absolute Gasteiger partial charge is 0.280 e. The fraction of sp³-hybridized carbons (Fsp3) is 0.522. The summed E-state index contributed by atoms with van der Waals surface area (Å²) in [5.74, 6) is -1.46. The Morgan fingerprint density at radius 2 is 2.03 bits per heavy atom. The van der Waals surface area contributed by atoms with Crippen LogP contribution in [0.3, 0.4) is 0 Å². The van der Waals surface area contributed by atoms with Gasteiger partial charge in [0.15, 0.2) is 10.8 Å². The average molecular weight is 507 g/mol. The van der Waals surface area contributed by atoms with Crippen LogP contribution in [0.15, 0.2) is 24.7 Å². The van der Waals surface area contributed by atoms with Gasteiger partial charge in [-0.2, -0.15) is 0 Å². The minimum atomic E-state index is -0.785. The first-order valence-corrected chi connectivity index (χ1v) is 12.6. The predicted octanol–water partition coefficient (Wildman–Crippen LogP) is 2.81. The van der Waals surface area contributed by atoms with Crippen LogP contribution in [-0.2, 0) is 14.3 Å². The van der Waals surface area contributed by atoms with Crippen LogP contribution in [0.5, 0.6) is 0 Å². The van der Waals surface area contributed by atoms with Crippen molar-refractivity contribution >= 4 is 40.5 Å². The molecule has 1 saturated carbocycles. The lowest BCUT2D eigenvalue weighted by Gasteiger charge is -2.34. The van der Waals surface area contributed by atoms with Crippen molar-refractivity contribution in [3.8, 4) is 10.4 Å². The van der Waals surface area contributed by atoms with Gasteiger partial charge in [-0.15, -0.1) is 22.9 Å². The number of carbonyl (C=O) groups is 3. The molecule has 2 aromatic rings. The van der Waals surface area contributed by atoms with E-state index in [9.17, 15) is 18.8 Å². The SMILES string of the molecule is O=C(NC(C(=O)N1CC(Cl)C2OCC(=O)C21)C1CCCCC1)c1ncc(-c2cncc(F)c2)s1. The van der Waals surface area contributed by atoms with E-state index in [0.29, 0.717) is 10.4 Å². The molecule has 2 aliphatic heterocycles. The van der Waals surface area contributed by atoms with E-state index >= 15 is 0 Å². The Bertz CT molecular complexity index is 1110. The maximum atomic E-state index is 13.7. The molecule has 8 nitrogen and oxygen atoms in total. The first-order chi connectivity index (χ1) is 16.4. The van der Waals surface area contributed by atoms with Crippen LogP contribution >= 0.6 is 22.9 Å². The number of thiazole rings is 1. The van der Waals surface area contributed by atoms with Crippen LogP contribution in [-0.4, -0.2) is 69.2 Å². The average Bonchev–Trinajstić information content (AvgIpc) is 3.56. The number of fused-ring (bicyclic) bond motifs is 1. The summed E-state index contributed by atoms with van der Waals surface area (Å²) < 4.78 is 19.0. The monoisotopic (exact) mass is 506 g/mol. The molecule has 0 radical (unpaired) electrons. The second-order valence-electron chi connectivity index (χ2n) is 8.96. The Morgan fingerprint density at radius 1 is 1.24 bits per heavy atom. The summed E-state index contributed by atoms with van der Waals surface area (Å²) in [5, 5.41) is 2.60. The van der Waals surface area contributed by atoms with Gasteiger partial charge in [0, 0.05) is 24.5 Å². The summed E-state index contributed by atoms with van der Waals surface area (Å²) in [4.78, 5) is 49.4. The first-order valence-electron chi connectivity index (χ1n) is 11.4. The van der Waals surface area contributed by atoms with Crippen molar-refractivity contribution in [1.29, 1.82) is 0 Å². The standard InChI is InChI=1S/C23H24ClFN4O4S/c24-15-10-29(19-16(30)11-33-20(15)19)23(32)18(12-4-2-1-3-5-12)28-21(31)22-27-9-17(34-22)13-6-14(25)8-26-7-13/h6-9,12,15,18-20H,1-5,10-11H2,(H,28,31). The van der Waals surface area contributed by atoms with E-state index in [1.807, 2.05) is 0 Å². The Hall–Kier alpha value is -2.43. The molecule has 3 aliphatic rings. The lowest BCUT2D eigenvalue weighted by atomic mass is 9.83. The van der Waals surface area contributed by atoms with Crippen LogP contribution in [0.25, 0.3) is 10.4 Å². The minimum absolute atomic E-state index is 0.0395. The fourth-order valence-electron chi connectivity index (χ4n) is 5.11. The number of Topliss-reactive ketones (excluding diaryl/α,β-unsaturated/α-hetero) is 1. The number of hydrogen-bond acceptors (Lipinski definition) is 7. The van der Waals surface area contributed by atoms with Gasteiger partial charge in [-0.3, -0.25) is 19.4 Å². The van der Waals surface area contributed by atoms with Crippen molar-refractivity contribution in [3.63, 3.8) is 0 Å². The number of halogens is 2. The highest BCUT2D eigenvalue weighted by molar-refractivity contribution is 7.17. The predicted molar refractivity (Wildman–Crippen MR) is 123 cm³/mol. The summed E-state index contributed by atoms with van der Waals surface area (Å²) in [6.45, 7) is 0.147. The van der Waals surface area contributed by atoms with Crippen LogP contribution < -0.4 is 5.32 Å². The number of amides is 2. The Morgan fingerprint density at radius 3 is 2.79 bits per heavy atom. The van der Waals surface area contributed by atoms with Crippen molar-refractivity contribution in [1.82, 2.24) is 20.2 Å². The van der Waals surface area contributed by atoms with Gasteiger partial charge in [0.25, 0.3) is 5.91 Å². The summed E-state index contributed by atoms with van der Waals surface area (Å²) in [5.41, 5.74) is 0.521. The number of rotatable bonds is 5. The molecule has 0 spiro atoms. The molecule has 34 heavy (non-hydrogen) atoms. The molecule has 4 atom stereocenters. The molecule has 4 heterocycles. The number of ketones is 1. The minimum Gasteiger partial charge on any atom is -0.366 e. The van der Waals surface area contributed by atoms with Gasteiger partial charge in [0.2, 0.25) is 5.91 Å². The number of hydrogen-bond donors (Lipinski definition) is 1. The molecule has 1 aliphatic carbocycles. The number of nitrogens with zero attached hydrogens (tertiary/aromatic N) is 3. The van der Waals surface area contributed by atoms with Crippen molar-refractivity contribution in [2.75, 3.05) is 13.2 Å². The molecule has 0 aromatic carbocycles. The lowest BCUT2D eigenvalue weighted by molar-refractivity contribution is -0.139. The van der Waals surface area contributed by atoms with E-state index in [2.05, 4.69) is 15.3 Å². The Kier molecular flexibility index (Phi) is 6.63. The summed E-state index contributed by atoms with van der Waals surface area (Å²) >= 11 is 7.48. The molecular formula is C23H24ClFN4O4S. The molecule has 0 bridgehead atoms. The number of likely N-dealkylation sites (tertiary alicyclic amines) is 1. The number of carbonyl (C=O) groups excluding carboxylic acids is 3. The van der Waals surface area contributed by atoms with E-state index in [1.54, 1.807) is 0 Å². The second kappa shape index (κ2) is 9.67. The van der Waals surface area contributed by atoms with Crippen LogP contribution in [0.1, 0.15) is 41.9 Å². The Balaban J connectivity index is 1.37. The van der Waals surface area contributed by atoms with Gasteiger partial charge < -0.3 is 15.0 Å². The normalized spacial score (nSPS) is 25.9.